The Morgan fingerprint density at radius 1 is 1.14 bits per heavy atom. The lowest BCUT2D eigenvalue weighted by molar-refractivity contribution is 0.260. The Balaban J connectivity index is 0.00000176. The van der Waals surface area contributed by atoms with Crippen LogP contribution in [0.25, 0.3) is 0 Å². The Kier molecular flexibility index (Phi) is 5.11. The number of hydrogen-bond acceptors (Lipinski definition) is 4. The zero-order valence-electron chi connectivity index (χ0n) is 11.8. The van der Waals surface area contributed by atoms with E-state index in [0.717, 1.165) is 24.1 Å². The highest BCUT2D eigenvalue weighted by Gasteiger charge is 2.22. The number of benzene rings is 2. The van der Waals surface area contributed by atoms with Crippen molar-refractivity contribution < 1.29 is 19.3 Å². The SMILES string of the molecule is Cl.Oc1cc2c(cc1O)C(COc1ccc(F)cc1)NCC2. The molecule has 1 aliphatic heterocycles. The first-order valence-corrected chi connectivity index (χ1v) is 6.80. The fourth-order valence-electron chi connectivity index (χ4n) is 2.53. The highest BCUT2D eigenvalue weighted by molar-refractivity contribution is 5.85. The highest BCUT2D eigenvalue weighted by atomic mass is 35.5. The first kappa shape index (κ1) is 16.4. The number of aromatic hydroxyl groups is 2. The summed E-state index contributed by atoms with van der Waals surface area (Å²) in [6.45, 7) is 1.14. The highest BCUT2D eigenvalue weighted by Crippen LogP contribution is 2.33. The first-order valence-electron chi connectivity index (χ1n) is 6.80. The number of hydrogen-bond donors (Lipinski definition) is 3. The zero-order chi connectivity index (χ0) is 14.8. The van der Waals surface area contributed by atoms with Gasteiger partial charge in [0, 0.05) is 0 Å². The minimum atomic E-state index is -0.302. The molecule has 0 spiro atoms. The van der Waals surface area contributed by atoms with E-state index >= 15 is 0 Å². The molecule has 0 amide bonds. The minimum absolute atomic E-state index is 0. The Morgan fingerprint density at radius 3 is 2.55 bits per heavy atom. The minimum Gasteiger partial charge on any atom is -0.504 e. The van der Waals surface area contributed by atoms with Crippen LogP contribution in [0, 0.1) is 5.82 Å². The molecule has 1 unspecified atom stereocenters. The van der Waals surface area contributed by atoms with E-state index in [4.69, 9.17) is 4.74 Å². The van der Waals surface area contributed by atoms with Gasteiger partial charge in [-0.05, 0) is 60.5 Å². The molecule has 4 nitrogen and oxygen atoms in total. The predicted molar refractivity (Wildman–Crippen MR) is 83.4 cm³/mol. The molecule has 1 atom stereocenters. The van der Waals surface area contributed by atoms with Crippen LogP contribution in [-0.4, -0.2) is 23.4 Å². The third-order valence-electron chi connectivity index (χ3n) is 3.63. The van der Waals surface area contributed by atoms with Crippen LogP contribution >= 0.6 is 12.4 Å². The van der Waals surface area contributed by atoms with Crippen LogP contribution in [0.4, 0.5) is 4.39 Å². The molecule has 0 aliphatic carbocycles. The van der Waals surface area contributed by atoms with Gasteiger partial charge < -0.3 is 20.3 Å². The summed E-state index contributed by atoms with van der Waals surface area (Å²) in [5, 5.41) is 22.5. The second-order valence-electron chi connectivity index (χ2n) is 5.06. The molecule has 2 aromatic carbocycles. The van der Waals surface area contributed by atoms with Gasteiger partial charge in [-0.2, -0.15) is 0 Å². The summed E-state index contributed by atoms with van der Waals surface area (Å²) in [6.07, 6.45) is 0.788. The summed E-state index contributed by atoms with van der Waals surface area (Å²) < 4.78 is 18.5. The molecule has 0 saturated heterocycles. The Morgan fingerprint density at radius 2 is 1.82 bits per heavy atom. The molecule has 0 saturated carbocycles. The second kappa shape index (κ2) is 6.85. The van der Waals surface area contributed by atoms with Crippen LogP contribution in [0.5, 0.6) is 17.2 Å². The maximum atomic E-state index is 12.8. The Hall–Kier alpha value is -1.98. The van der Waals surface area contributed by atoms with Crippen molar-refractivity contribution in [2.75, 3.05) is 13.2 Å². The van der Waals surface area contributed by atoms with Gasteiger partial charge in [0.05, 0.1) is 6.04 Å². The van der Waals surface area contributed by atoms with Crippen molar-refractivity contribution in [1.82, 2.24) is 5.32 Å². The number of ether oxygens (including phenoxy) is 1. The van der Waals surface area contributed by atoms with Gasteiger partial charge in [-0.1, -0.05) is 0 Å². The lowest BCUT2D eigenvalue weighted by atomic mass is 9.94. The van der Waals surface area contributed by atoms with Crippen molar-refractivity contribution in [2.45, 2.75) is 12.5 Å². The monoisotopic (exact) mass is 325 g/mol. The predicted octanol–water partition coefficient (Wildman–Crippen LogP) is 2.92. The number of fused-ring (bicyclic) bond motifs is 1. The summed E-state index contributed by atoms with van der Waals surface area (Å²) in [4.78, 5) is 0. The zero-order valence-corrected chi connectivity index (χ0v) is 12.6. The number of phenols is 2. The molecule has 0 bridgehead atoms. The largest absolute Gasteiger partial charge is 0.504 e. The standard InChI is InChI=1S/C16H16FNO3.ClH/c17-11-1-3-12(4-2-11)21-9-14-13-8-16(20)15(19)7-10(13)5-6-18-14;/h1-4,7-8,14,18-20H,5-6,9H2;1H. The van der Waals surface area contributed by atoms with Crippen molar-refractivity contribution >= 4 is 12.4 Å². The third-order valence-corrected chi connectivity index (χ3v) is 3.63. The normalized spacial score (nSPS) is 16.5. The van der Waals surface area contributed by atoms with E-state index < -0.39 is 0 Å². The molecule has 1 aliphatic rings. The van der Waals surface area contributed by atoms with Crippen molar-refractivity contribution in [3.05, 3.63) is 53.3 Å². The van der Waals surface area contributed by atoms with Crippen LogP contribution in [0.1, 0.15) is 17.2 Å². The average Bonchev–Trinajstić information content (AvgIpc) is 2.48. The lowest BCUT2D eigenvalue weighted by Gasteiger charge is -2.27. The fraction of sp³-hybridized carbons (Fsp3) is 0.250. The van der Waals surface area contributed by atoms with Crippen LogP contribution in [-0.2, 0) is 6.42 Å². The Bertz CT molecular complexity index is 649. The van der Waals surface area contributed by atoms with Crippen LogP contribution in [0.3, 0.4) is 0 Å². The van der Waals surface area contributed by atoms with Crippen molar-refractivity contribution in [3.63, 3.8) is 0 Å². The van der Waals surface area contributed by atoms with Gasteiger partial charge in [-0.25, -0.2) is 4.39 Å². The third kappa shape index (κ3) is 3.43. The van der Waals surface area contributed by atoms with Gasteiger partial charge in [0.15, 0.2) is 11.5 Å². The Labute approximate surface area is 134 Å². The molecule has 3 rings (SSSR count). The summed E-state index contributed by atoms with van der Waals surface area (Å²) in [5.41, 5.74) is 1.91. The molecular formula is C16H17ClFNO3. The van der Waals surface area contributed by atoms with Crippen LogP contribution < -0.4 is 10.1 Å². The second-order valence-corrected chi connectivity index (χ2v) is 5.06. The molecule has 6 heteroatoms. The van der Waals surface area contributed by atoms with Gasteiger partial charge in [0.25, 0.3) is 0 Å². The van der Waals surface area contributed by atoms with E-state index in [1.54, 1.807) is 24.3 Å². The van der Waals surface area contributed by atoms with E-state index in [9.17, 15) is 14.6 Å². The van der Waals surface area contributed by atoms with Gasteiger partial charge in [0.1, 0.15) is 18.2 Å². The first-order chi connectivity index (χ1) is 10.1. The fourth-order valence-corrected chi connectivity index (χ4v) is 2.53. The van der Waals surface area contributed by atoms with Gasteiger partial charge >= 0.3 is 0 Å². The van der Waals surface area contributed by atoms with E-state index in [-0.39, 0.29) is 35.8 Å². The number of rotatable bonds is 3. The molecule has 2 aromatic rings. The lowest BCUT2D eigenvalue weighted by Crippen LogP contribution is -2.33. The van der Waals surface area contributed by atoms with Gasteiger partial charge in [0.2, 0.25) is 0 Å². The molecular weight excluding hydrogens is 309 g/mol. The summed E-state index contributed by atoms with van der Waals surface area (Å²) in [7, 11) is 0. The maximum absolute atomic E-state index is 12.8. The number of nitrogens with one attached hydrogen (secondary N) is 1. The smallest absolute Gasteiger partial charge is 0.157 e. The van der Waals surface area contributed by atoms with E-state index in [2.05, 4.69) is 5.32 Å². The van der Waals surface area contributed by atoms with Crippen molar-refractivity contribution in [3.8, 4) is 17.2 Å². The quantitative estimate of drug-likeness (QED) is 0.759. The van der Waals surface area contributed by atoms with Gasteiger partial charge in [-0.3, -0.25) is 0 Å². The molecule has 118 valence electrons. The summed E-state index contributed by atoms with van der Waals surface area (Å²) >= 11 is 0. The average molecular weight is 326 g/mol. The number of halogens is 2. The maximum Gasteiger partial charge on any atom is 0.157 e. The van der Waals surface area contributed by atoms with Crippen molar-refractivity contribution in [1.29, 1.82) is 0 Å². The topological polar surface area (TPSA) is 61.7 Å². The number of phenolic OH excluding ortho intramolecular Hbond substituents is 2. The van der Waals surface area contributed by atoms with E-state index in [1.165, 1.54) is 12.1 Å². The van der Waals surface area contributed by atoms with E-state index in [0.29, 0.717) is 12.4 Å². The summed E-state index contributed by atoms with van der Waals surface area (Å²) in [5.74, 6) is 0.0512. The summed E-state index contributed by atoms with van der Waals surface area (Å²) in [6, 6.07) is 8.93. The van der Waals surface area contributed by atoms with Gasteiger partial charge in [-0.15, -0.1) is 12.4 Å². The van der Waals surface area contributed by atoms with E-state index in [1.807, 2.05) is 0 Å². The molecule has 3 N–H and O–H groups in total. The van der Waals surface area contributed by atoms with Crippen LogP contribution in [0.2, 0.25) is 0 Å². The molecule has 0 fully saturated rings. The van der Waals surface area contributed by atoms with Crippen molar-refractivity contribution in [2.24, 2.45) is 0 Å². The molecule has 22 heavy (non-hydrogen) atoms. The molecule has 0 aromatic heterocycles. The molecule has 0 radical (unpaired) electrons. The van der Waals surface area contributed by atoms with Crippen LogP contribution in [0.15, 0.2) is 36.4 Å². The molecule has 1 heterocycles.